The molecule has 0 aliphatic heterocycles. The Morgan fingerprint density at radius 3 is 2.50 bits per heavy atom. The monoisotopic (exact) mass is 316 g/mol. The molecule has 4 heteroatoms. The summed E-state index contributed by atoms with van der Waals surface area (Å²) in [6, 6.07) is 15.0. The average Bonchev–Trinajstić information content (AvgIpc) is 3.04. The van der Waals surface area contributed by atoms with Gasteiger partial charge in [-0.3, -0.25) is 9.59 Å². The van der Waals surface area contributed by atoms with E-state index in [0.717, 1.165) is 16.5 Å². The Hall–Kier alpha value is -3.14. The van der Waals surface area contributed by atoms with Gasteiger partial charge >= 0.3 is 0 Å². The molecule has 0 spiro atoms. The number of rotatable bonds is 2. The normalized spacial score (nSPS) is 14.9. The topological polar surface area (TPSA) is 65.1 Å². The number of fused-ring (bicyclic) bond motifs is 1. The maximum absolute atomic E-state index is 12.6. The van der Waals surface area contributed by atoms with Gasteiger partial charge in [-0.1, -0.05) is 30.3 Å². The van der Waals surface area contributed by atoms with Crippen molar-refractivity contribution in [2.45, 2.75) is 6.42 Å². The highest BCUT2D eigenvalue weighted by Crippen LogP contribution is 2.39. The third kappa shape index (κ3) is 2.07. The van der Waals surface area contributed by atoms with Crippen molar-refractivity contribution in [2.75, 3.05) is 5.73 Å². The number of anilines is 1. The van der Waals surface area contributed by atoms with Crippen molar-refractivity contribution >= 4 is 39.3 Å². The fourth-order valence-corrected chi connectivity index (χ4v) is 3.43. The maximum atomic E-state index is 12.6. The van der Waals surface area contributed by atoms with Gasteiger partial charge in [0.2, 0.25) is 0 Å². The van der Waals surface area contributed by atoms with Crippen LogP contribution < -0.4 is 5.73 Å². The molecule has 0 radical (unpaired) electrons. The van der Waals surface area contributed by atoms with E-state index < -0.39 is 0 Å². The lowest BCUT2D eigenvalue weighted by molar-refractivity contribution is -0.119. The molecule has 1 aliphatic carbocycles. The van der Waals surface area contributed by atoms with Crippen LogP contribution in [0.4, 0.5) is 5.69 Å². The highest BCUT2D eigenvalue weighted by molar-refractivity contribution is 6.51. The number of carbonyl (C=O) groups is 2. The second-order valence-corrected chi connectivity index (χ2v) is 6.07. The second-order valence-electron chi connectivity index (χ2n) is 6.07. The number of nitrogens with zero attached hydrogens (tertiary/aromatic N) is 1. The number of allylic oxidation sites excluding steroid dienone is 2. The van der Waals surface area contributed by atoms with Gasteiger partial charge in [0.05, 0.1) is 6.42 Å². The van der Waals surface area contributed by atoms with Gasteiger partial charge in [-0.25, -0.2) is 0 Å². The van der Waals surface area contributed by atoms with Crippen LogP contribution in [0.5, 0.6) is 0 Å². The summed E-state index contributed by atoms with van der Waals surface area (Å²) in [6.07, 6.45) is 1.84. The molecule has 1 aromatic heterocycles. The lowest BCUT2D eigenvalue weighted by atomic mass is 9.96. The van der Waals surface area contributed by atoms with Gasteiger partial charge in [-0.2, -0.15) is 0 Å². The standard InChI is InChI=1S/C20H16N2O2/c1-22-11-15(14-7-2-3-8-16(14)22)20-18(24)10-17(23)19(20)12-5-4-6-13(21)9-12/h2-9,11H,10,21H2,1H3. The Kier molecular flexibility index (Phi) is 3.13. The highest BCUT2D eigenvalue weighted by atomic mass is 16.2. The molecule has 0 unspecified atom stereocenters. The van der Waals surface area contributed by atoms with Gasteiger partial charge in [0.1, 0.15) is 0 Å². The summed E-state index contributed by atoms with van der Waals surface area (Å²) in [5.74, 6) is -0.276. The van der Waals surface area contributed by atoms with E-state index in [-0.39, 0.29) is 18.0 Å². The third-order valence-corrected chi connectivity index (χ3v) is 4.47. The molecule has 0 saturated carbocycles. The Morgan fingerprint density at radius 1 is 0.958 bits per heavy atom. The van der Waals surface area contributed by atoms with Crippen LogP contribution in [0, 0.1) is 0 Å². The van der Waals surface area contributed by atoms with Crippen molar-refractivity contribution in [3.8, 4) is 0 Å². The molecule has 0 atom stereocenters. The van der Waals surface area contributed by atoms with Gasteiger partial charge in [0, 0.05) is 46.5 Å². The molecule has 2 aromatic carbocycles. The maximum Gasteiger partial charge on any atom is 0.172 e. The quantitative estimate of drug-likeness (QED) is 0.583. The molecular weight excluding hydrogens is 300 g/mol. The molecule has 1 aliphatic rings. The summed E-state index contributed by atoms with van der Waals surface area (Å²) in [7, 11) is 1.94. The van der Waals surface area contributed by atoms with Crippen LogP contribution in [-0.4, -0.2) is 16.1 Å². The van der Waals surface area contributed by atoms with Gasteiger partial charge in [-0.05, 0) is 23.8 Å². The minimum Gasteiger partial charge on any atom is -0.399 e. The second kappa shape index (κ2) is 5.20. The molecule has 118 valence electrons. The molecule has 0 bridgehead atoms. The zero-order valence-electron chi connectivity index (χ0n) is 13.2. The zero-order chi connectivity index (χ0) is 16.8. The van der Waals surface area contributed by atoms with Crippen molar-refractivity contribution in [1.29, 1.82) is 0 Å². The zero-order valence-corrected chi connectivity index (χ0v) is 13.2. The summed E-state index contributed by atoms with van der Waals surface area (Å²) in [6.45, 7) is 0. The lowest BCUT2D eigenvalue weighted by Crippen LogP contribution is -1.97. The van der Waals surface area contributed by atoms with Gasteiger partial charge in [0.15, 0.2) is 11.6 Å². The number of nitrogens with two attached hydrogens (primary N) is 1. The Labute approximate surface area is 139 Å². The van der Waals surface area contributed by atoms with E-state index in [4.69, 9.17) is 5.73 Å². The van der Waals surface area contributed by atoms with Crippen molar-refractivity contribution in [1.82, 2.24) is 4.57 Å². The van der Waals surface area contributed by atoms with Crippen molar-refractivity contribution in [3.63, 3.8) is 0 Å². The molecule has 2 N–H and O–H groups in total. The molecular formula is C20H16N2O2. The fraction of sp³-hybridized carbons (Fsp3) is 0.100. The van der Waals surface area contributed by atoms with Gasteiger partial charge in [-0.15, -0.1) is 0 Å². The Morgan fingerprint density at radius 2 is 1.71 bits per heavy atom. The molecule has 1 heterocycles. The number of ketones is 2. The van der Waals surface area contributed by atoms with Crippen LogP contribution in [-0.2, 0) is 16.6 Å². The number of benzene rings is 2. The van der Waals surface area contributed by atoms with Crippen LogP contribution >= 0.6 is 0 Å². The summed E-state index contributed by atoms with van der Waals surface area (Å²) in [5, 5.41) is 0.972. The Bertz CT molecular complexity index is 1040. The van der Waals surface area contributed by atoms with E-state index in [9.17, 15) is 9.59 Å². The SMILES string of the molecule is Cn1cc(C2=C(c3cccc(N)c3)C(=O)CC2=O)c2ccccc21. The van der Waals surface area contributed by atoms with Crippen molar-refractivity contribution in [2.24, 2.45) is 7.05 Å². The minimum absolute atomic E-state index is 0.0807. The molecule has 3 aromatic rings. The van der Waals surface area contributed by atoms with Crippen LogP contribution in [0.1, 0.15) is 17.5 Å². The van der Waals surface area contributed by atoms with Crippen LogP contribution in [0.15, 0.2) is 54.7 Å². The summed E-state index contributed by atoms with van der Waals surface area (Å²) < 4.78 is 1.98. The first-order valence-corrected chi connectivity index (χ1v) is 7.77. The highest BCUT2D eigenvalue weighted by Gasteiger charge is 2.33. The predicted octanol–water partition coefficient (Wildman–Crippen LogP) is 3.21. The fourth-order valence-electron chi connectivity index (χ4n) is 3.43. The van der Waals surface area contributed by atoms with Crippen LogP contribution in [0.3, 0.4) is 0 Å². The summed E-state index contributed by atoms with van der Waals surface area (Å²) in [4.78, 5) is 25.1. The van der Waals surface area contributed by atoms with Crippen molar-refractivity contribution < 1.29 is 9.59 Å². The molecule has 4 rings (SSSR count). The van der Waals surface area contributed by atoms with Crippen LogP contribution in [0.25, 0.3) is 22.0 Å². The van der Waals surface area contributed by atoms with Gasteiger partial charge in [0.25, 0.3) is 0 Å². The number of carbonyl (C=O) groups excluding carboxylic acids is 2. The molecule has 0 saturated heterocycles. The van der Waals surface area contributed by atoms with E-state index >= 15 is 0 Å². The number of aromatic nitrogens is 1. The van der Waals surface area contributed by atoms with Crippen molar-refractivity contribution in [3.05, 3.63) is 65.9 Å². The minimum atomic E-state index is -0.145. The Balaban J connectivity index is 2.05. The van der Waals surface area contributed by atoms with Crippen LogP contribution in [0.2, 0.25) is 0 Å². The van der Waals surface area contributed by atoms with E-state index in [1.165, 1.54) is 0 Å². The molecule has 4 nitrogen and oxygen atoms in total. The number of aryl methyl sites for hydroxylation is 1. The number of hydrogen-bond acceptors (Lipinski definition) is 3. The molecule has 24 heavy (non-hydrogen) atoms. The number of Topliss-reactive ketones (excluding diaryl/α,β-unsaturated/α-hetero) is 2. The van der Waals surface area contributed by atoms with E-state index in [2.05, 4.69) is 0 Å². The summed E-state index contributed by atoms with van der Waals surface area (Å²) >= 11 is 0. The first kappa shape index (κ1) is 14.5. The van der Waals surface area contributed by atoms with Gasteiger partial charge < -0.3 is 10.3 Å². The smallest absolute Gasteiger partial charge is 0.172 e. The van der Waals surface area contributed by atoms with E-state index in [1.54, 1.807) is 18.2 Å². The van der Waals surface area contributed by atoms with E-state index in [0.29, 0.717) is 22.4 Å². The van der Waals surface area contributed by atoms with E-state index in [1.807, 2.05) is 48.1 Å². The first-order valence-electron chi connectivity index (χ1n) is 7.77. The first-order chi connectivity index (χ1) is 11.6. The number of nitrogen functional groups attached to an aromatic ring is 1. The third-order valence-electron chi connectivity index (χ3n) is 4.47. The predicted molar refractivity (Wildman–Crippen MR) is 95.2 cm³/mol. The number of para-hydroxylation sites is 1. The lowest BCUT2D eigenvalue weighted by Gasteiger charge is -2.06. The summed E-state index contributed by atoms with van der Waals surface area (Å²) in [5.41, 5.74) is 9.95. The molecule has 0 amide bonds. The molecule has 0 fully saturated rings. The number of hydrogen-bond donors (Lipinski definition) is 1. The largest absolute Gasteiger partial charge is 0.399 e. The average molecular weight is 316 g/mol.